The van der Waals surface area contributed by atoms with Gasteiger partial charge in [0.2, 0.25) is 0 Å². The van der Waals surface area contributed by atoms with Crippen LogP contribution in [-0.2, 0) is 11.3 Å². The minimum absolute atomic E-state index is 0.597. The second-order valence-corrected chi connectivity index (χ2v) is 4.88. The zero-order valence-electron chi connectivity index (χ0n) is 11.0. The van der Waals surface area contributed by atoms with E-state index >= 15 is 0 Å². The van der Waals surface area contributed by atoms with Crippen LogP contribution in [0, 0.1) is 0 Å². The van der Waals surface area contributed by atoms with Gasteiger partial charge in [0, 0.05) is 38.2 Å². The molecule has 1 aliphatic rings. The maximum absolute atomic E-state index is 5.36. The summed E-state index contributed by atoms with van der Waals surface area (Å²) in [6.07, 6.45) is 5.98. The lowest BCUT2D eigenvalue weighted by molar-refractivity contribution is 0.0776. The summed E-state index contributed by atoms with van der Waals surface area (Å²) in [5.41, 5.74) is 2.40. The van der Waals surface area contributed by atoms with Gasteiger partial charge >= 0.3 is 0 Å². The first kappa shape index (κ1) is 12.4. The maximum atomic E-state index is 5.36. The molecule has 2 heterocycles. The molecule has 0 amide bonds. The normalized spacial score (nSPS) is 16.6. The van der Waals surface area contributed by atoms with Crippen LogP contribution in [0.5, 0.6) is 0 Å². The van der Waals surface area contributed by atoms with Gasteiger partial charge < -0.3 is 10.1 Å². The number of benzene rings is 1. The molecular weight excluding hydrogens is 238 g/mol. The topological polar surface area (TPSA) is 39.1 Å². The summed E-state index contributed by atoms with van der Waals surface area (Å²) < 4.78 is 7.23. The van der Waals surface area contributed by atoms with E-state index in [0.29, 0.717) is 6.04 Å². The molecule has 0 aliphatic carbocycles. The summed E-state index contributed by atoms with van der Waals surface area (Å²) in [7, 11) is 0. The van der Waals surface area contributed by atoms with Crippen LogP contribution >= 0.6 is 0 Å². The second kappa shape index (κ2) is 5.99. The Kier molecular flexibility index (Phi) is 3.91. The number of ether oxygens (including phenoxy) is 1. The second-order valence-electron chi connectivity index (χ2n) is 4.88. The number of aromatic nitrogens is 2. The van der Waals surface area contributed by atoms with Crippen molar-refractivity contribution in [1.29, 1.82) is 0 Å². The fraction of sp³-hybridized carbons (Fsp3) is 0.400. The molecule has 0 bridgehead atoms. The molecule has 0 radical (unpaired) electrons. The molecule has 0 spiro atoms. The quantitative estimate of drug-likeness (QED) is 0.912. The van der Waals surface area contributed by atoms with Crippen molar-refractivity contribution in [2.75, 3.05) is 13.2 Å². The van der Waals surface area contributed by atoms with E-state index in [2.05, 4.69) is 34.7 Å². The van der Waals surface area contributed by atoms with E-state index in [4.69, 9.17) is 4.74 Å². The van der Waals surface area contributed by atoms with Gasteiger partial charge in [-0.1, -0.05) is 12.1 Å². The minimum atomic E-state index is 0.597. The summed E-state index contributed by atoms with van der Waals surface area (Å²) in [5.74, 6) is 0. The van der Waals surface area contributed by atoms with Crippen molar-refractivity contribution in [3.05, 3.63) is 48.3 Å². The van der Waals surface area contributed by atoms with Gasteiger partial charge in [-0.2, -0.15) is 5.10 Å². The Bertz CT molecular complexity index is 487. The Hall–Kier alpha value is -1.65. The van der Waals surface area contributed by atoms with E-state index in [-0.39, 0.29) is 0 Å². The summed E-state index contributed by atoms with van der Waals surface area (Å²) in [5, 5.41) is 7.81. The Balaban J connectivity index is 1.57. The highest BCUT2D eigenvalue weighted by Crippen LogP contribution is 2.10. The summed E-state index contributed by atoms with van der Waals surface area (Å²) in [6.45, 7) is 2.69. The molecule has 1 saturated heterocycles. The Morgan fingerprint density at radius 2 is 2.00 bits per heavy atom. The van der Waals surface area contributed by atoms with Crippen LogP contribution in [0.25, 0.3) is 5.69 Å². The number of nitrogens with one attached hydrogen (secondary N) is 1. The average molecular weight is 257 g/mol. The number of rotatable bonds is 4. The Morgan fingerprint density at radius 3 is 2.68 bits per heavy atom. The molecule has 0 unspecified atom stereocenters. The van der Waals surface area contributed by atoms with Crippen molar-refractivity contribution in [3.8, 4) is 5.69 Å². The molecule has 1 aromatic carbocycles. The standard InChI is InChI=1S/C15H19N3O/c1-8-17-18(9-1)15-4-2-13(3-5-15)12-16-14-6-10-19-11-7-14/h1-5,8-9,14,16H,6-7,10-12H2. The molecule has 2 aromatic rings. The predicted octanol–water partition coefficient (Wildman–Crippen LogP) is 2.14. The van der Waals surface area contributed by atoms with Gasteiger partial charge in [-0.15, -0.1) is 0 Å². The van der Waals surface area contributed by atoms with Crippen LogP contribution in [0.15, 0.2) is 42.7 Å². The number of hydrogen-bond acceptors (Lipinski definition) is 3. The zero-order chi connectivity index (χ0) is 12.9. The van der Waals surface area contributed by atoms with Gasteiger partial charge in [0.25, 0.3) is 0 Å². The lowest BCUT2D eigenvalue weighted by Crippen LogP contribution is -2.34. The van der Waals surface area contributed by atoms with Crippen LogP contribution in [0.3, 0.4) is 0 Å². The molecule has 100 valence electrons. The van der Waals surface area contributed by atoms with Gasteiger partial charge in [-0.05, 0) is 36.6 Å². The van der Waals surface area contributed by atoms with E-state index in [0.717, 1.165) is 38.3 Å². The van der Waals surface area contributed by atoms with Gasteiger partial charge in [0.15, 0.2) is 0 Å². The molecule has 19 heavy (non-hydrogen) atoms. The molecule has 4 heteroatoms. The molecule has 3 rings (SSSR count). The van der Waals surface area contributed by atoms with Gasteiger partial charge in [-0.25, -0.2) is 4.68 Å². The van der Waals surface area contributed by atoms with Gasteiger partial charge in [-0.3, -0.25) is 0 Å². The van der Waals surface area contributed by atoms with Crippen LogP contribution in [-0.4, -0.2) is 29.0 Å². The third kappa shape index (κ3) is 3.22. The monoisotopic (exact) mass is 257 g/mol. The molecule has 1 N–H and O–H groups in total. The molecule has 0 saturated carbocycles. The fourth-order valence-corrected chi connectivity index (χ4v) is 2.35. The number of hydrogen-bond donors (Lipinski definition) is 1. The Morgan fingerprint density at radius 1 is 1.21 bits per heavy atom. The van der Waals surface area contributed by atoms with E-state index < -0.39 is 0 Å². The number of nitrogens with zero attached hydrogens (tertiary/aromatic N) is 2. The first-order valence-corrected chi connectivity index (χ1v) is 6.82. The highest BCUT2D eigenvalue weighted by atomic mass is 16.5. The maximum Gasteiger partial charge on any atom is 0.0645 e. The smallest absolute Gasteiger partial charge is 0.0645 e. The molecule has 4 nitrogen and oxygen atoms in total. The zero-order valence-corrected chi connectivity index (χ0v) is 11.0. The largest absolute Gasteiger partial charge is 0.381 e. The van der Waals surface area contributed by atoms with Crippen molar-refractivity contribution in [2.45, 2.75) is 25.4 Å². The van der Waals surface area contributed by atoms with Crippen LogP contribution in [0.1, 0.15) is 18.4 Å². The van der Waals surface area contributed by atoms with Crippen LogP contribution < -0.4 is 5.32 Å². The molecule has 1 aromatic heterocycles. The molecule has 0 atom stereocenters. The summed E-state index contributed by atoms with van der Waals surface area (Å²) in [4.78, 5) is 0. The SMILES string of the molecule is c1cnn(-c2ccc(CNC3CCOCC3)cc2)c1. The molecule has 1 fully saturated rings. The third-order valence-corrected chi connectivity index (χ3v) is 3.52. The highest BCUT2D eigenvalue weighted by Gasteiger charge is 2.12. The van der Waals surface area contributed by atoms with Crippen LogP contribution in [0.4, 0.5) is 0 Å². The van der Waals surface area contributed by atoms with Gasteiger partial charge in [0.05, 0.1) is 5.69 Å². The summed E-state index contributed by atoms with van der Waals surface area (Å²) >= 11 is 0. The van der Waals surface area contributed by atoms with Crippen molar-refractivity contribution in [1.82, 2.24) is 15.1 Å². The van der Waals surface area contributed by atoms with E-state index in [1.54, 1.807) is 6.20 Å². The predicted molar refractivity (Wildman–Crippen MR) is 74.2 cm³/mol. The minimum Gasteiger partial charge on any atom is -0.381 e. The first-order chi connectivity index (χ1) is 9.42. The van der Waals surface area contributed by atoms with Gasteiger partial charge in [0.1, 0.15) is 0 Å². The fourth-order valence-electron chi connectivity index (χ4n) is 2.35. The summed E-state index contributed by atoms with van der Waals surface area (Å²) in [6, 6.07) is 11.1. The molecule has 1 aliphatic heterocycles. The average Bonchev–Trinajstić information content (AvgIpc) is 3.01. The van der Waals surface area contributed by atoms with Crippen molar-refractivity contribution < 1.29 is 4.74 Å². The van der Waals surface area contributed by atoms with E-state index in [9.17, 15) is 0 Å². The Labute approximate surface area is 113 Å². The van der Waals surface area contributed by atoms with E-state index in [1.165, 1.54) is 5.56 Å². The first-order valence-electron chi connectivity index (χ1n) is 6.82. The van der Waals surface area contributed by atoms with Crippen molar-refractivity contribution >= 4 is 0 Å². The highest BCUT2D eigenvalue weighted by molar-refractivity contribution is 5.33. The van der Waals surface area contributed by atoms with Crippen molar-refractivity contribution in [2.24, 2.45) is 0 Å². The van der Waals surface area contributed by atoms with Crippen LogP contribution in [0.2, 0.25) is 0 Å². The lowest BCUT2D eigenvalue weighted by atomic mass is 10.1. The third-order valence-electron chi connectivity index (χ3n) is 3.52. The van der Waals surface area contributed by atoms with E-state index in [1.807, 2.05) is 16.9 Å². The lowest BCUT2D eigenvalue weighted by Gasteiger charge is -2.23. The molecular formula is C15H19N3O. The van der Waals surface area contributed by atoms with Crippen molar-refractivity contribution in [3.63, 3.8) is 0 Å².